The van der Waals surface area contributed by atoms with E-state index in [1.54, 1.807) is 11.8 Å². The molecule has 0 spiro atoms. The van der Waals surface area contributed by atoms with Crippen molar-refractivity contribution in [2.45, 2.75) is 44.4 Å². The molecule has 5 heteroatoms. The molecular weight excluding hydrogens is 296 g/mol. The number of urea groups is 1. The smallest absolute Gasteiger partial charge is 0.324 e. The molecule has 1 aliphatic rings. The van der Waals surface area contributed by atoms with Gasteiger partial charge in [0.1, 0.15) is 0 Å². The van der Waals surface area contributed by atoms with E-state index in [-0.39, 0.29) is 23.9 Å². The van der Waals surface area contributed by atoms with Gasteiger partial charge in [0.05, 0.1) is 6.54 Å². The number of amides is 3. The van der Waals surface area contributed by atoms with Crippen molar-refractivity contribution in [1.29, 1.82) is 0 Å². The highest BCUT2D eigenvalue weighted by molar-refractivity contribution is 7.99. The first-order valence-corrected chi connectivity index (χ1v) is 8.60. The van der Waals surface area contributed by atoms with E-state index in [1.807, 2.05) is 0 Å². The van der Waals surface area contributed by atoms with Crippen molar-refractivity contribution < 1.29 is 9.59 Å². The van der Waals surface area contributed by atoms with E-state index in [1.165, 1.54) is 20.9 Å². The average molecular weight is 320 g/mol. The van der Waals surface area contributed by atoms with Crippen LogP contribution in [0.5, 0.6) is 0 Å². The molecule has 0 aromatic heterocycles. The third kappa shape index (κ3) is 4.03. The number of carbonyl (C=O) groups is 2. The second-order valence-corrected chi connectivity index (χ2v) is 7.77. The molecule has 1 N–H and O–H groups in total. The molecule has 1 aliphatic heterocycles. The van der Waals surface area contributed by atoms with E-state index in [2.05, 4.69) is 51.2 Å². The predicted molar refractivity (Wildman–Crippen MR) is 90.3 cm³/mol. The quantitative estimate of drug-likeness (QED) is 0.514. The zero-order valence-corrected chi connectivity index (χ0v) is 14.5. The van der Waals surface area contributed by atoms with Gasteiger partial charge in [0, 0.05) is 11.4 Å². The number of thioether (sulfide) groups is 1. The summed E-state index contributed by atoms with van der Waals surface area (Å²) in [6.45, 7) is 9.39. The van der Waals surface area contributed by atoms with Gasteiger partial charge in [-0.25, -0.2) is 4.79 Å². The lowest BCUT2D eigenvalue weighted by atomic mass is 9.87. The highest BCUT2D eigenvalue weighted by Crippen LogP contribution is 2.30. The van der Waals surface area contributed by atoms with E-state index in [4.69, 9.17) is 0 Å². The number of aryl methyl sites for hydroxylation is 1. The summed E-state index contributed by atoms with van der Waals surface area (Å²) in [5, 5.41) is 2.54. The molecule has 0 aliphatic carbocycles. The van der Waals surface area contributed by atoms with Crippen LogP contribution in [0.1, 0.15) is 38.3 Å². The Bertz CT molecular complexity index is 563. The van der Waals surface area contributed by atoms with Crippen LogP contribution in [0.2, 0.25) is 0 Å². The average Bonchev–Trinajstić information content (AvgIpc) is 2.75. The summed E-state index contributed by atoms with van der Waals surface area (Å²) >= 11 is 1.79. The summed E-state index contributed by atoms with van der Waals surface area (Å²) in [7, 11) is 0. The fourth-order valence-corrected chi connectivity index (χ4v) is 3.31. The molecule has 1 heterocycles. The topological polar surface area (TPSA) is 49.4 Å². The Kier molecular flexibility index (Phi) is 5.16. The van der Waals surface area contributed by atoms with Crippen molar-refractivity contribution >= 4 is 23.7 Å². The van der Waals surface area contributed by atoms with Crippen molar-refractivity contribution in [2.24, 2.45) is 0 Å². The van der Waals surface area contributed by atoms with E-state index in [0.717, 1.165) is 12.2 Å². The van der Waals surface area contributed by atoms with Crippen LogP contribution in [-0.2, 0) is 10.2 Å². The highest BCUT2D eigenvalue weighted by Gasteiger charge is 2.27. The van der Waals surface area contributed by atoms with Crippen molar-refractivity contribution in [3.63, 3.8) is 0 Å². The fraction of sp³-hybridized carbons (Fsp3) is 0.529. The highest BCUT2D eigenvalue weighted by atomic mass is 32.2. The van der Waals surface area contributed by atoms with Gasteiger partial charge >= 0.3 is 6.03 Å². The van der Waals surface area contributed by atoms with E-state index in [9.17, 15) is 9.59 Å². The first-order valence-electron chi connectivity index (χ1n) is 7.61. The number of imide groups is 1. The number of hydrogen-bond acceptors (Lipinski definition) is 3. The minimum Gasteiger partial charge on any atom is -0.329 e. The SMILES string of the molecule is Cc1ccc(C(C)(C)C)cc1SCCCN1C(=O)CNC1=O. The van der Waals surface area contributed by atoms with E-state index in [0.29, 0.717) is 6.54 Å². The second kappa shape index (κ2) is 6.73. The molecule has 1 fully saturated rings. The van der Waals surface area contributed by atoms with Gasteiger partial charge in [-0.2, -0.15) is 0 Å². The Morgan fingerprint density at radius 1 is 1.27 bits per heavy atom. The van der Waals surface area contributed by atoms with Crippen LogP contribution in [-0.4, -0.2) is 35.7 Å². The zero-order valence-electron chi connectivity index (χ0n) is 13.7. The van der Waals surface area contributed by atoms with Gasteiger partial charge in [-0.3, -0.25) is 9.69 Å². The summed E-state index contributed by atoms with van der Waals surface area (Å²) in [6, 6.07) is 6.35. The van der Waals surface area contributed by atoms with Gasteiger partial charge in [0.25, 0.3) is 0 Å². The third-order valence-corrected chi connectivity index (χ3v) is 5.02. The summed E-state index contributed by atoms with van der Waals surface area (Å²) in [5.74, 6) is 0.770. The summed E-state index contributed by atoms with van der Waals surface area (Å²) < 4.78 is 0. The zero-order chi connectivity index (χ0) is 16.3. The number of carbonyl (C=O) groups excluding carboxylic acids is 2. The maximum Gasteiger partial charge on any atom is 0.324 e. The Labute approximate surface area is 136 Å². The van der Waals surface area contributed by atoms with E-state index >= 15 is 0 Å². The normalized spacial score (nSPS) is 15.4. The van der Waals surface area contributed by atoms with Gasteiger partial charge in [0.15, 0.2) is 0 Å². The number of rotatable bonds is 5. The molecule has 0 atom stereocenters. The molecule has 4 nitrogen and oxygen atoms in total. The third-order valence-electron chi connectivity index (χ3n) is 3.77. The Balaban J connectivity index is 1.89. The monoisotopic (exact) mass is 320 g/mol. The maximum atomic E-state index is 11.5. The van der Waals surface area contributed by atoms with Crippen molar-refractivity contribution in [3.8, 4) is 0 Å². The van der Waals surface area contributed by atoms with Crippen LogP contribution >= 0.6 is 11.8 Å². The molecular formula is C17H24N2O2S. The minimum absolute atomic E-state index is 0.124. The van der Waals surface area contributed by atoms with Crippen molar-refractivity contribution in [3.05, 3.63) is 29.3 Å². The first kappa shape index (κ1) is 16.9. The molecule has 120 valence electrons. The van der Waals surface area contributed by atoms with Gasteiger partial charge in [0.2, 0.25) is 5.91 Å². The lowest BCUT2D eigenvalue weighted by Crippen LogP contribution is -2.32. The van der Waals surface area contributed by atoms with Gasteiger partial charge < -0.3 is 5.32 Å². The summed E-state index contributed by atoms with van der Waals surface area (Å²) in [6.07, 6.45) is 0.809. The molecule has 0 saturated carbocycles. The molecule has 3 amide bonds. The predicted octanol–water partition coefficient (Wildman–Crippen LogP) is 3.33. The largest absolute Gasteiger partial charge is 0.329 e. The Morgan fingerprint density at radius 3 is 2.59 bits per heavy atom. The van der Waals surface area contributed by atoms with Crippen LogP contribution in [0.15, 0.2) is 23.1 Å². The van der Waals surface area contributed by atoms with Gasteiger partial charge in [-0.05, 0) is 41.7 Å². The molecule has 1 aromatic carbocycles. The lowest BCUT2D eigenvalue weighted by molar-refractivity contribution is -0.124. The molecule has 0 bridgehead atoms. The van der Waals surface area contributed by atoms with Crippen LogP contribution in [0.4, 0.5) is 4.79 Å². The molecule has 1 saturated heterocycles. The van der Waals surface area contributed by atoms with Crippen LogP contribution < -0.4 is 5.32 Å². The Hall–Kier alpha value is -1.49. The minimum atomic E-state index is -0.263. The standard InChI is InChI=1S/C17H24N2O2S/c1-12-6-7-13(17(2,3)4)10-14(12)22-9-5-8-19-15(20)11-18-16(19)21/h6-7,10H,5,8-9,11H2,1-4H3,(H,18,21). The molecule has 0 unspecified atom stereocenters. The van der Waals surface area contributed by atoms with E-state index < -0.39 is 0 Å². The van der Waals surface area contributed by atoms with Crippen LogP contribution in [0.3, 0.4) is 0 Å². The molecule has 2 rings (SSSR count). The first-order chi connectivity index (χ1) is 10.3. The summed E-state index contributed by atoms with van der Waals surface area (Å²) in [4.78, 5) is 25.5. The van der Waals surface area contributed by atoms with Gasteiger partial charge in [-0.1, -0.05) is 32.9 Å². The number of nitrogens with one attached hydrogen (secondary N) is 1. The van der Waals surface area contributed by atoms with Crippen LogP contribution in [0.25, 0.3) is 0 Å². The number of hydrogen-bond donors (Lipinski definition) is 1. The molecule has 1 aromatic rings. The maximum absolute atomic E-state index is 11.5. The second-order valence-electron chi connectivity index (χ2n) is 6.64. The lowest BCUT2D eigenvalue weighted by Gasteiger charge is -2.20. The summed E-state index contributed by atoms with van der Waals surface area (Å²) in [5.41, 5.74) is 2.74. The van der Waals surface area contributed by atoms with Crippen LogP contribution in [0, 0.1) is 6.92 Å². The fourth-order valence-electron chi connectivity index (χ4n) is 2.31. The number of benzene rings is 1. The number of nitrogens with zero attached hydrogens (tertiary/aromatic N) is 1. The van der Waals surface area contributed by atoms with Gasteiger partial charge in [-0.15, -0.1) is 11.8 Å². The molecule has 0 radical (unpaired) electrons. The molecule has 22 heavy (non-hydrogen) atoms. The van der Waals surface area contributed by atoms with Crippen molar-refractivity contribution in [2.75, 3.05) is 18.8 Å². The van der Waals surface area contributed by atoms with Crippen molar-refractivity contribution in [1.82, 2.24) is 10.2 Å². The Morgan fingerprint density at radius 2 is 2.00 bits per heavy atom.